The highest BCUT2D eigenvalue weighted by atomic mass is 15.2. The van der Waals surface area contributed by atoms with Crippen molar-refractivity contribution in [3.8, 4) is 0 Å². The first kappa shape index (κ1) is 15.4. The van der Waals surface area contributed by atoms with Crippen LogP contribution in [0.3, 0.4) is 0 Å². The molecule has 0 radical (unpaired) electrons. The number of anilines is 1. The molecule has 0 aliphatic carbocycles. The number of nitrogens with one attached hydrogen (secondary N) is 1. The summed E-state index contributed by atoms with van der Waals surface area (Å²) in [7, 11) is 2.04. The van der Waals surface area contributed by atoms with Crippen molar-refractivity contribution in [2.45, 2.75) is 32.9 Å². The number of hydrogen-bond donors (Lipinski definition) is 1. The van der Waals surface area contributed by atoms with Gasteiger partial charge < -0.3 is 10.2 Å². The summed E-state index contributed by atoms with van der Waals surface area (Å²) in [5, 5.41) is 3.47. The fourth-order valence-corrected chi connectivity index (χ4v) is 2.17. The number of pyridine rings is 2. The van der Waals surface area contributed by atoms with Crippen molar-refractivity contribution in [1.29, 1.82) is 0 Å². The molecule has 0 aromatic carbocycles. The van der Waals surface area contributed by atoms with Crippen LogP contribution in [0.15, 0.2) is 42.7 Å². The Labute approximate surface area is 127 Å². The fraction of sp³-hybridized carbons (Fsp3) is 0.412. The maximum Gasteiger partial charge on any atom is 0.128 e. The van der Waals surface area contributed by atoms with Crippen LogP contribution in [0.4, 0.5) is 5.82 Å². The zero-order valence-corrected chi connectivity index (χ0v) is 13.1. The molecule has 2 rings (SSSR count). The van der Waals surface area contributed by atoms with Crippen molar-refractivity contribution in [3.05, 3.63) is 54.0 Å². The summed E-state index contributed by atoms with van der Waals surface area (Å²) < 4.78 is 0. The zero-order chi connectivity index (χ0) is 15.1. The Kier molecular flexibility index (Phi) is 5.69. The molecule has 0 fully saturated rings. The molecule has 1 atom stereocenters. The molecule has 0 saturated carbocycles. The lowest BCUT2D eigenvalue weighted by Gasteiger charge is -2.19. The van der Waals surface area contributed by atoms with Crippen molar-refractivity contribution in [2.24, 2.45) is 0 Å². The van der Waals surface area contributed by atoms with Gasteiger partial charge in [0.2, 0.25) is 0 Å². The molecule has 0 aliphatic heterocycles. The number of rotatable bonds is 7. The van der Waals surface area contributed by atoms with Gasteiger partial charge in [0.15, 0.2) is 0 Å². The summed E-state index contributed by atoms with van der Waals surface area (Å²) in [4.78, 5) is 11.0. The van der Waals surface area contributed by atoms with E-state index in [0.29, 0.717) is 6.04 Å². The van der Waals surface area contributed by atoms with Crippen LogP contribution >= 0.6 is 0 Å². The van der Waals surface area contributed by atoms with Gasteiger partial charge in [-0.3, -0.25) is 4.98 Å². The van der Waals surface area contributed by atoms with E-state index in [4.69, 9.17) is 0 Å². The Bertz CT molecular complexity index is 524. The number of hydrogen-bond acceptors (Lipinski definition) is 4. The fourth-order valence-electron chi connectivity index (χ4n) is 2.17. The Morgan fingerprint density at radius 3 is 2.67 bits per heavy atom. The lowest BCUT2D eigenvalue weighted by molar-refractivity contribution is 0.569. The van der Waals surface area contributed by atoms with E-state index in [1.165, 1.54) is 5.56 Å². The molecule has 0 bridgehead atoms. The number of aromatic nitrogens is 2. The van der Waals surface area contributed by atoms with E-state index in [0.717, 1.165) is 31.0 Å². The molecule has 21 heavy (non-hydrogen) atoms. The van der Waals surface area contributed by atoms with Crippen LogP contribution < -0.4 is 10.2 Å². The predicted octanol–water partition coefficient (Wildman–Crippen LogP) is 3.17. The van der Waals surface area contributed by atoms with Crippen molar-refractivity contribution in [1.82, 2.24) is 15.3 Å². The van der Waals surface area contributed by atoms with Crippen molar-refractivity contribution >= 4 is 5.82 Å². The van der Waals surface area contributed by atoms with Crippen LogP contribution in [0.5, 0.6) is 0 Å². The Morgan fingerprint density at radius 2 is 2.05 bits per heavy atom. The van der Waals surface area contributed by atoms with Crippen molar-refractivity contribution in [3.63, 3.8) is 0 Å². The van der Waals surface area contributed by atoms with Crippen LogP contribution in [0.1, 0.15) is 37.6 Å². The largest absolute Gasteiger partial charge is 0.354 e. The van der Waals surface area contributed by atoms with Crippen LogP contribution in [0.25, 0.3) is 0 Å². The summed E-state index contributed by atoms with van der Waals surface area (Å²) >= 11 is 0. The third-order valence-electron chi connectivity index (χ3n) is 3.49. The molecule has 0 aliphatic rings. The maximum atomic E-state index is 4.56. The Balaban J connectivity index is 1.98. The minimum atomic E-state index is 0.340. The molecule has 2 aromatic rings. The smallest absolute Gasteiger partial charge is 0.128 e. The SMILES string of the molecule is CCCNC(C)c1ccc(N(C)Cc2ccccn2)nc1. The van der Waals surface area contributed by atoms with Crippen LogP contribution in [0.2, 0.25) is 0 Å². The zero-order valence-electron chi connectivity index (χ0n) is 13.1. The minimum Gasteiger partial charge on any atom is -0.354 e. The third kappa shape index (κ3) is 4.53. The summed E-state index contributed by atoms with van der Waals surface area (Å²) in [6, 6.07) is 10.5. The molecule has 4 heteroatoms. The predicted molar refractivity (Wildman–Crippen MR) is 87.3 cm³/mol. The van der Waals surface area contributed by atoms with Crippen LogP contribution in [-0.2, 0) is 6.54 Å². The summed E-state index contributed by atoms with van der Waals surface area (Å²) in [6.07, 6.45) is 4.92. The molecule has 1 N–H and O–H groups in total. The van der Waals surface area contributed by atoms with Gasteiger partial charge in [-0.1, -0.05) is 19.1 Å². The molecule has 2 heterocycles. The first-order chi connectivity index (χ1) is 10.2. The van der Waals surface area contributed by atoms with E-state index < -0.39 is 0 Å². The number of nitrogens with zero attached hydrogens (tertiary/aromatic N) is 3. The molecule has 112 valence electrons. The molecule has 0 amide bonds. The average Bonchev–Trinajstić information content (AvgIpc) is 2.53. The molecular formula is C17H24N4. The van der Waals surface area contributed by atoms with Gasteiger partial charge in [0.1, 0.15) is 5.82 Å². The van der Waals surface area contributed by atoms with Gasteiger partial charge in [0, 0.05) is 25.5 Å². The van der Waals surface area contributed by atoms with Gasteiger partial charge in [0.05, 0.1) is 12.2 Å². The molecule has 1 unspecified atom stereocenters. The third-order valence-corrected chi connectivity index (χ3v) is 3.49. The first-order valence-corrected chi connectivity index (χ1v) is 7.51. The van der Waals surface area contributed by atoms with Gasteiger partial charge in [-0.15, -0.1) is 0 Å². The summed E-state index contributed by atoms with van der Waals surface area (Å²) in [6.45, 7) is 6.14. The molecule has 0 spiro atoms. The van der Waals surface area contributed by atoms with E-state index in [1.54, 1.807) is 0 Å². The molecular weight excluding hydrogens is 260 g/mol. The lowest BCUT2D eigenvalue weighted by Crippen LogP contribution is -2.21. The second kappa shape index (κ2) is 7.74. The van der Waals surface area contributed by atoms with E-state index in [2.05, 4.69) is 46.2 Å². The second-order valence-corrected chi connectivity index (χ2v) is 5.30. The second-order valence-electron chi connectivity index (χ2n) is 5.30. The van der Waals surface area contributed by atoms with Crippen LogP contribution in [0, 0.1) is 0 Å². The lowest BCUT2D eigenvalue weighted by atomic mass is 10.1. The van der Waals surface area contributed by atoms with Gasteiger partial charge in [-0.2, -0.15) is 0 Å². The van der Waals surface area contributed by atoms with Crippen LogP contribution in [-0.4, -0.2) is 23.6 Å². The van der Waals surface area contributed by atoms with Gasteiger partial charge in [0.25, 0.3) is 0 Å². The summed E-state index contributed by atoms with van der Waals surface area (Å²) in [5.74, 6) is 0.965. The van der Waals surface area contributed by atoms with Gasteiger partial charge >= 0.3 is 0 Å². The van der Waals surface area contributed by atoms with E-state index in [1.807, 2.05) is 37.6 Å². The normalized spacial score (nSPS) is 12.1. The first-order valence-electron chi connectivity index (χ1n) is 7.51. The van der Waals surface area contributed by atoms with Gasteiger partial charge in [-0.25, -0.2) is 4.98 Å². The maximum absolute atomic E-state index is 4.56. The Hall–Kier alpha value is -1.94. The Morgan fingerprint density at radius 1 is 1.19 bits per heavy atom. The molecule has 0 saturated heterocycles. The highest BCUT2D eigenvalue weighted by Crippen LogP contribution is 2.16. The minimum absolute atomic E-state index is 0.340. The molecule has 2 aromatic heterocycles. The highest BCUT2D eigenvalue weighted by Gasteiger charge is 2.07. The standard InChI is InChI=1S/C17H24N4/c1-4-10-18-14(2)15-8-9-17(20-12-15)21(3)13-16-7-5-6-11-19-16/h5-9,11-12,14,18H,4,10,13H2,1-3H3. The topological polar surface area (TPSA) is 41.0 Å². The molecule has 4 nitrogen and oxygen atoms in total. The average molecular weight is 284 g/mol. The highest BCUT2D eigenvalue weighted by molar-refractivity contribution is 5.39. The van der Waals surface area contributed by atoms with Crippen molar-refractivity contribution in [2.75, 3.05) is 18.5 Å². The van der Waals surface area contributed by atoms with E-state index in [9.17, 15) is 0 Å². The monoisotopic (exact) mass is 284 g/mol. The van der Waals surface area contributed by atoms with Gasteiger partial charge in [-0.05, 0) is 43.7 Å². The quantitative estimate of drug-likeness (QED) is 0.848. The summed E-state index contributed by atoms with van der Waals surface area (Å²) in [5.41, 5.74) is 2.27. The van der Waals surface area contributed by atoms with E-state index in [-0.39, 0.29) is 0 Å². The van der Waals surface area contributed by atoms with E-state index >= 15 is 0 Å². The van der Waals surface area contributed by atoms with Crippen molar-refractivity contribution < 1.29 is 0 Å².